The number of hydrogen-bond donors (Lipinski definition) is 1. The van der Waals surface area contributed by atoms with Gasteiger partial charge in [-0.15, -0.1) is 0 Å². The van der Waals surface area contributed by atoms with Gasteiger partial charge in [0.2, 0.25) is 0 Å². The number of Topliss-reactive ketones (excluding diaryl/α,β-unsaturated/α-hetero) is 1. The summed E-state index contributed by atoms with van der Waals surface area (Å²) < 4.78 is 16.8. The second-order valence-corrected chi connectivity index (χ2v) is 5.89. The lowest BCUT2D eigenvalue weighted by atomic mass is 10.1. The number of ketones is 1. The van der Waals surface area contributed by atoms with E-state index in [9.17, 15) is 9.59 Å². The highest BCUT2D eigenvalue weighted by Gasteiger charge is 2.21. The van der Waals surface area contributed by atoms with Crippen LogP contribution in [0, 0.1) is 0 Å². The van der Waals surface area contributed by atoms with Crippen molar-refractivity contribution >= 4 is 11.7 Å². The van der Waals surface area contributed by atoms with Crippen molar-refractivity contribution in [1.82, 2.24) is 5.32 Å². The van der Waals surface area contributed by atoms with Gasteiger partial charge < -0.3 is 19.5 Å². The van der Waals surface area contributed by atoms with E-state index in [1.807, 2.05) is 31.2 Å². The highest BCUT2D eigenvalue weighted by molar-refractivity contribution is 5.95. The molecule has 3 rings (SSSR count). The van der Waals surface area contributed by atoms with Gasteiger partial charge >= 0.3 is 0 Å². The summed E-state index contributed by atoms with van der Waals surface area (Å²) in [7, 11) is 0. The Morgan fingerprint density at radius 1 is 1.12 bits per heavy atom. The van der Waals surface area contributed by atoms with Crippen LogP contribution in [0.5, 0.6) is 17.2 Å². The standard InChI is InChI=1S/C20H21NO5/c1-2-17(22)14-7-9-15(10-8-14)24-13-20(23)21-11-16-12-25-18-5-3-4-6-19(18)26-16/h3-10,16H,2,11-13H2,1H3,(H,21,23)/t16-/m1/s1. The maximum atomic E-state index is 11.9. The Morgan fingerprint density at radius 2 is 1.85 bits per heavy atom. The van der Waals surface area contributed by atoms with Gasteiger partial charge in [-0.05, 0) is 36.4 Å². The Hall–Kier alpha value is -3.02. The Morgan fingerprint density at radius 3 is 2.58 bits per heavy atom. The van der Waals surface area contributed by atoms with Crippen molar-refractivity contribution in [2.75, 3.05) is 19.8 Å². The molecule has 0 saturated carbocycles. The fourth-order valence-electron chi connectivity index (χ4n) is 2.53. The van der Waals surface area contributed by atoms with Gasteiger partial charge in [-0.1, -0.05) is 19.1 Å². The van der Waals surface area contributed by atoms with Gasteiger partial charge in [-0.25, -0.2) is 0 Å². The predicted octanol–water partition coefficient (Wildman–Crippen LogP) is 2.61. The zero-order valence-electron chi connectivity index (χ0n) is 14.6. The molecule has 0 aromatic heterocycles. The molecule has 6 heteroatoms. The molecule has 1 amide bonds. The van der Waals surface area contributed by atoms with E-state index >= 15 is 0 Å². The van der Waals surface area contributed by atoms with E-state index in [4.69, 9.17) is 14.2 Å². The number of para-hydroxylation sites is 2. The first-order valence-electron chi connectivity index (χ1n) is 8.57. The quantitative estimate of drug-likeness (QED) is 0.773. The van der Waals surface area contributed by atoms with Crippen molar-refractivity contribution in [3.8, 4) is 17.2 Å². The van der Waals surface area contributed by atoms with Gasteiger partial charge in [-0.2, -0.15) is 0 Å². The first-order chi connectivity index (χ1) is 12.7. The van der Waals surface area contributed by atoms with Crippen LogP contribution < -0.4 is 19.5 Å². The van der Waals surface area contributed by atoms with Crippen LogP contribution in [0.25, 0.3) is 0 Å². The van der Waals surface area contributed by atoms with E-state index < -0.39 is 0 Å². The molecule has 0 bridgehead atoms. The molecule has 1 aliphatic heterocycles. The number of carbonyl (C=O) groups is 2. The fourth-order valence-corrected chi connectivity index (χ4v) is 2.53. The summed E-state index contributed by atoms with van der Waals surface area (Å²) >= 11 is 0. The molecule has 2 aromatic carbocycles. The molecule has 0 fully saturated rings. The molecular formula is C20H21NO5. The number of nitrogens with one attached hydrogen (secondary N) is 1. The molecule has 1 N–H and O–H groups in total. The molecule has 0 aliphatic carbocycles. The van der Waals surface area contributed by atoms with Crippen LogP contribution in [-0.4, -0.2) is 37.6 Å². The van der Waals surface area contributed by atoms with E-state index in [0.29, 0.717) is 42.4 Å². The minimum atomic E-state index is -0.249. The van der Waals surface area contributed by atoms with Crippen molar-refractivity contribution in [3.05, 3.63) is 54.1 Å². The third-order valence-electron chi connectivity index (χ3n) is 3.96. The van der Waals surface area contributed by atoms with Gasteiger partial charge in [0.1, 0.15) is 18.5 Å². The number of amides is 1. The third-order valence-corrected chi connectivity index (χ3v) is 3.96. The largest absolute Gasteiger partial charge is 0.486 e. The zero-order valence-corrected chi connectivity index (χ0v) is 14.6. The average Bonchev–Trinajstić information content (AvgIpc) is 2.70. The summed E-state index contributed by atoms with van der Waals surface area (Å²) in [6, 6.07) is 14.2. The number of rotatable bonds is 7. The third kappa shape index (κ3) is 4.53. The van der Waals surface area contributed by atoms with Crippen LogP contribution in [0.15, 0.2) is 48.5 Å². The summed E-state index contributed by atoms with van der Waals surface area (Å²) in [5, 5.41) is 2.77. The van der Waals surface area contributed by atoms with Crippen LogP contribution in [-0.2, 0) is 4.79 Å². The average molecular weight is 355 g/mol. The van der Waals surface area contributed by atoms with Crippen molar-refractivity contribution in [2.24, 2.45) is 0 Å². The van der Waals surface area contributed by atoms with Gasteiger partial charge in [0.15, 0.2) is 23.9 Å². The van der Waals surface area contributed by atoms with Crippen molar-refractivity contribution < 1.29 is 23.8 Å². The molecular weight excluding hydrogens is 334 g/mol. The van der Waals surface area contributed by atoms with Gasteiger partial charge in [0.05, 0.1) is 6.54 Å². The summed E-state index contributed by atoms with van der Waals surface area (Å²) in [5.41, 5.74) is 0.638. The van der Waals surface area contributed by atoms with Gasteiger partial charge in [-0.3, -0.25) is 9.59 Å². The van der Waals surface area contributed by atoms with Crippen LogP contribution in [0.4, 0.5) is 0 Å². The smallest absolute Gasteiger partial charge is 0.258 e. The Balaban J connectivity index is 1.41. The molecule has 1 aliphatic rings. The second-order valence-electron chi connectivity index (χ2n) is 5.89. The molecule has 1 atom stereocenters. The molecule has 0 radical (unpaired) electrons. The molecule has 6 nitrogen and oxygen atoms in total. The van der Waals surface area contributed by atoms with Crippen LogP contribution in [0.3, 0.4) is 0 Å². The lowest BCUT2D eigenvalue weighted by Crippen LogP contribution is -2.42. The van der Waals surface area contributed by atoms with Crippen LogP contribution in [0.1, 0.15) is 23.7 Å². The second kappa shape index (κ2) is 8.38. The lowest BCUT2D eigenvalue weighted by molar-refractivity contribution is -0.123. The fraction of sp³-hybridized carbons (Fsp3) is 0.300. The number of ether oxygens (including phenoxy) is 3. The Bertz CT molecular complexity index is 772. The normalized spacial score (nSPS) is 15.2. The van der Waals surface area contributed by atoms with Gasteiger partial charge in [0, 0.05) is 12.0 Å². The Kier molecular flexibility index (Phi) is 5.73. The maximum absolute atomic E-state index is 11.9. The van der Waals surface area contributed by atoms with E-state index in [0.717, 1.165) is 0 Å². The Labute approximate surface area is 152 Å². The summed E-state index contributed by atoms with van der Waals surface area (Å²) in [5.74, 6) is 1.75. The predicted molar refractivity (Wildman–Crippen MR) is 95.9 cm³/mol. The zero-order chi connectivity index (χ0) is 18.4. The minimum absolute atomic E-state index is 0.0746. The van der Waals surface area contributed by atoms with Crippen molar-refractivity contribution in [3.63, 3.8) is 0 Å². The summed E-state index contributed by atoms with van der Waals surface area (Å²) in [4.78, 5) is 23.5. The van der Waals surface area contributed by atoms with E-state index in [2.05, 4.69) is 5.32 Å². The van der Waals surface area contributed by atoms with Crippen molar-refractivity contribution in [1.29, 1.82) is 0 Å². The first-order valence-corrected chi connectivity index (χ1v) is 8.57. The number of hydrogen-bond acceptors (Lipinski definition) is 5. The maximum Gasteiger partial charge on any atom is 0.258 e. The number of benzene rings is 2. The van der Waals surface area contributed by atoms with Gasteiger partial charge in [0.25, 0.3) is 5.91 Å². The lowest BCUT2D eigenvalue weighted by Gasteiger charge is -2.26. The highest BCUT2D eigenvalue weighted by Crippen LogP contribution is 2.30. The molecule has 136 valence electrons. The number of fused-ring (bicyclic) bond motifs is 1. The highest BCUT2D eigenvalue weighted by atomic mass is 16.6. The van der Waals surface area contributed by atoms with Crippen LogP contribution >= 0.6 is 0 Å². The van der Waals surface area contributed by atoms with Crippen LogP contribution in [0.2, 0.25) is 0 Å². The first kappa shape index (κ1) is 17.8. The topological polar surface area (TPSA) is 73.9 Å². The van der Waals surface area contributed by atoms with Crippen molar-refractivity contribution in [2.45, 2.75) is 19.4 Å². The molecule has 0 unspecified atom stereocenters. The molecule has 0 spiro atoms. The summed E-state index contributed by atoms with van der Waals surface area (Å²) in [6.07, 6.45) is 0.216. The molecule has 26 heavy (non-hydrogen) atoms. The summed E-state index contributed by atoms with van der Waals surface area (Å²) in [6.45, 7) is 2.42. The minimum Gasteiger partial charge on any atom is -0.486 e. The monoisotopic (exact) mass is 355 g/mol. The van der Waals surface area contributed by atoms with E-state index in [-0.39, 0.29) is 24.4 Å². The van der Waals surface area contributed by atoms with E-state index in [1.54, 1.807) is 24.3 Å². The SMILES string of the molecule is CCC(=O)c1ccc(OCC(=O)NC[C@@H]2COc3ccccc3O2)cc1. The molecule has 0 saturated heterocycles. The number of carbonyl (C=O) groups excluding carboxylic acids is 2. The molecule has 1 heterocycles. The van der Waals surface area contributed by atoms with E-state index in [1.165, 1.54) is 0 Å². The molecule has 2 aromatic rings.